The number of rotatable bonds is 9. The Balaban J connectivity index is 1.47. The van der Waals surface area contributed by atoms with E-state index in [4.69, 9.17) is 0 Å². The summed E-state index contributed by atoms with van der Waals surface area (Å²) in [6.45, 7) is 0.494. The number of aromatic nitrogens is 6. The largest absolute Gasteiger partial charge is 0.350 e. The zero-order valence-corrected chi connectivity index (χ0v) is 29.3. The van der Waals surface area contributed by atoms with Gasteiger partial charge >= 0.3 is 10.2 Å². The van der Waals surface area contributed by atoms with E-state index in [1.165, 1.54) is 26.6 Å². The minimum atomic E-state index is -3.80. The van der Waals surface area contributed by atoms with Crippen LogP contribution in [0.15, 0.2) is 55.3 Å². The number of imidazole rings is 2. The van der Waals surface area contributed by atoms with Gasteiger partial charge < -0.3 is 25.2 Å². The molecule has 42 heavy (non-hydrogen) atoms. The zero-order chi connectivity index (χ0) is 30.3. The maximum atomic E-state index is 13.1. The fraction of sp³-hybridized carbons (Fsp3) is 0.333. The van der Waals surface area contributed by atoms with Crippen LogP contribution >= 0.6 is 63.7 Å². The van der Waals surface area contributed by atoms with E-state index in [9.17, 15) is 18.0 Å². The minimum Gasteiger partial charge on any atom is -0.350 e. The summed E-state index contributed by atoms with van der Waals surface area (Å²) >= 11 is 13.5. The number of H-pyrrole nitrogens is 2. The van der Waals surface area contributed by atoms with Crippen LogP contribution < -0.4 is 10.6 Å². The zero-order valence-electron chi connectivity index (χ0n) is 22.1. The Kier molecular flexibility index (Phi) is 9.20. The first kappa shape index (κ1) is 31.2. The van der Waals surface area contributed by atoms with Gasteiger partial charge in [-0.25, -0.2) is 13.9 Å². The summed E-state index contributed by atoms with van der Waals surface area (Å²) in [6, 6.07) is 2.87. The molecule has 4 aromatic heterocycles. The van der Waals surface area contributed by atoms with Gasteiger partial charge in [-0.15, -0.1) is 0 Å². The second-order valence-electron chi connectivity index (χ2n) is 9.89. The van der Waals surface area contributed by atoms with E-state index in [1.54, 1.807) is 24.7 Å². The molecular formula is C24H25Br4N9O4S. The summed E-state index contributed by atoms with van der Waals surface area (Å²) in [5, 5.41) is 6.02. The van der Waals surface area contributed by atoms with Crippen molar-refractivity contribution in [1.29, 1.82) is 0 Å². The Morgan fingerprint density at radius 3 is 2.14 bits per heavy atom. The number of hydrogen-bond acceptors (Lipinski definition) is 6. The maximum Gasteiger partial charge on any atom is 0.308 e. The number of halogens is 4. The molecule has 0 aromatic carbocycles. The number of nitrogens with one attached hydrogen (secondary N) is 4. The van der Waals surface area contributed by atoms with Crippen LogP contribution in [0.2, 0.25) is 0 Å². The molecule has 2 amide bonds. The van der Waals surface area contributed by atoms with Gasteiger partial charge in [-0.1, -0.05) is 0 Å². The Morgan fingerprint density at radius 1 is 1.00 bits per heavy atom. The molecule has 0 bridgehead atoms. The second kappa shape index (κ2) is 12.4. The average molecular weight is 855 g/mol. The lowest BCUT2D eigenvalue weighted by atomic mass is 9.78. The molecule has 5 heterocycles. The van der Waals surface area contributed by atoms with E-state index in [1.807, 2.05) is 4.57 Å². The van der Waals surface area contributed by atoms with E-state index in [0.717, 1.165) is 18.4 Å². The standard InChI is InChI=1S/C24H25Br4N9O4S/c1-35(2)42(40,41)36-9-19(32-11-36)20-14(8-31-24(39)18-5-16(26)22(28)34-18)12(3-13-7-29-10-37(13)20)6-30-23(38)17-4-15(25)21(27)33-17/h4-5,7,9-12,14,20,33-34H,3,6,8H2,1-2H3,(H,30,38)(H,31,39)/t12-,14-,20-/m0/s1. The van der Waals surface area contributed by atoms with Gasteiger partial charge in [-0.2, -0.15) is 12.7 Å². The molecule has 4 aromatic rings. The lowest BCUT2D eigenvalue weighted by Gasteiger charge is -2.39. The van der Waals surface area contributed by atoms with Crippen LogP contribution in [0.25, 0.3) is 0 Å². The van der Waals surface area contributed by atoms with Crippen molar-refractivity contribution in [2.24, 2.45) is 11.8 Å². The first-order valence-electron chi connectivity index (χ1n) is 12.5. The summed E-state index contributed by atoms with van der Waals surface area (Å²) in [7, 11) is -0.908. The quantitative estimate of drug-likeness (QED) is 0.201. The number of aromatic amines is 2. The maximum absolute atomic E-state index is 13.1. The topological polar surface area (TPSA) is 163 Å². The van der Waals surface area contributed by atoms with Crippen LogP contribution in [-0.2, 0) is 16.6 Å². The van der Waals surface area contributed by atoms with E-state index in [-0.39, 0.29) is 36.7 Å². The first-order chi connectivity index (χ1) is 19.9. The van der Waals surface area contributed by atoms with Gasteiger partial charge in [0.05, 0.1) is 36.2 Å². The molecule has 224 valence electrons. The highest BCUT2D eigenvalue weighted by Gasteiger charge is 2.40. The highest BCUT2D eigenvalue weighted by molar-refractivity contribution is 9.13. The number of carbonyl (C=O) groups is 2. The second-order valence-corrected chi connectivity index (χ2v) is 15.2. The van der Waals surface area contributed by atoms with Crippen LogP contribution in [0, 0.1) is 11.8 Å². The molecule has 13 nitrogen and oxygen atoms in total. The van der Waals surface area contributed by atoms with Gasteiger partial charge in [0.15, 0.2) is 0 Å². The third-order valence-electron chi connectivity index (χ3n) is 7.10. The first-order valence-corrected chi connectivity index (χ1v) is 17.1. The average Bonchev–Trinajstić information content (AvgIpc) is 3.74. The summed E-state index contributed by atoms with van der Waals surface area (Å²) in [5.41, 5.74) is 2.12. The van der Waals surface area contributed by atoms with Crippen molar-refractivity contribution in [3.05, 3.63) is 78.1 Å². The molecule has 3 atom stereocenters. The Hall–Kier alpha value is -2.25. The fourth-order valence-corrected chi connectivity index (χ4v) is 7.05. The van der Waals surface area contributed by atoms with Crippen molar-refractivity contribution < 1.29 is 18.0 Å². The van der Waals surface area contributed by atoms with Crippen molar-refractivity contribution in [1.82, 2.24) is 43.4 Å². The third kappa shape index (κ3) is 6.19. The molecule has 0 spiro atoms. The van der Waals surface area contributed by atoms with E-state index >= 15 is 0 Å². The number of carbonyl (C=O) groups excluding carboxylic acids is 2. The molecule has 0 radical (unpaired) electrons. The molecule has 1 aliphatic rings. The van der Waals surface area contributed by atoms with Crippen molar-refractivity contribution in [2.75, 3.05) is 27.2 Å². The summed E-state index contributed by atoms with van der Waals surface area (Å²) < 4.78 is 32.5. The highest BCUT2D eigenvalue weighted by Crippen LogP contribution is 2.38. The van der Waals surface area contributed by atoms with E-state index in [2.05, 4.69) is 94.3 Å². The fourth-order valence-electron chi connectivity index (χ4n) is 4.95. The SMILES string of the molecule is CN(C)S(=O)(=O)n1cnc([C@@H]2[C@@H](CNC(=O)c3cc(Br)c(Br)[nH]3)[C@H](CNC(=O)c3cc(Br)c(Br)[nH]3)Cc3cncn32)c1. The van der Waals surface area contributed by atoms with Crippen molar-refractivity contribution in [3.8, 4) is 0 Å². The van der Waals surface area contributed by atoms with Gasteiger partial charge in [0.2, 0.25) is 0 Å². The predicted molar refractivity (Wildman–Crippen MR) is 168 cm³/mol. The van der Waals surface area contributed by atoms with Gasteiger partial charge in [-0.05, 0) is 88.2 Å². The normalized spacial score (nSPS) is 18.7. The Bertz CT molecular complexity index is 1700. The smallest absolute Gasteiger partial charge is 0.308 e. The van der Waals surface area contributed by atoms with Crippen LogP contribution in [-0.4, -0.2) is 80.2 Å². The van der Waals surface area contributed by atoms with E-state index in [0.29, 0.717) is 37.2 Å². The molecule has 18 heteroatoms. The van der Waals surface area contributed by atoms with Gasteiger partial charge in [-0.3, -0.25) is 9.59 Å². The summed E-state index contributed by atoms with van der Waals surface area (Å²) in [5.74, 6) is -1.07. The third-order valence-corrected chi connectivity index (χ3v) is 12.3. The number of nitrogens with zero attached hydrogens (tertiary/aromatic N) is 5. The van der Waals surface area contributed by atoms with Crippen LogP contribution in [0.4, 0.5) is 0 Å². The molecule has 5 rings (SSSR count). The summed E-state index contributed by atoms with van der Waals surface area (Å²) in [4.78, 5) is 40.9. The van der Waals surface area contributed by atoms with Crippen LogP contribution in [0.3, 0.4) is 0 Å². The molecule has 1 aliphatic heterocycles. The molecule has 0 aliphatic carbocycles. The number of amides is 2. The number of hydrogen-bond donors (Lipinski definition) is 4. The molecule has 0 unspecified atom stereocenters. The molecule has 4 N–H and O–H groups in total. The number of fused-ring (bicyclic) bond motifs is 1. The highest BCUT2D eigenvalue weighted by atomic mass is 79.9. The Labute approximate surface area is 274 Å². The lowest BCUT2D eigenvalue weighted by Crippen LogP contribution is -2.46. The van der Waals surface area contributed by atoms with E-state index < -0.39 is 16.3 Å². The van der Waals surface area contributed by atoms with Crippen molar-refractivity contribution >= 4 is 85.7 Å². The Morgan fingerprint density at radius 2 is 1.60 bits per heavy atom. The monoisotopic (exact) mass is 851 g/mol. The molecule has 0 saturated heterocycles. The van der Waals surface area contributed by atoms with Gasteiger partial charge in [0, 0.05) is 51.2 Å². The van der Waals surface area contributed by atoms with Crippen LogP contribution in [0.1, 0.15) is 38.4 Å². The molecular weight excluding hydrogens is 830 g/mol. The van der Waals surface area contributed by atoms with Gasteiger partial charge in [0.1, 0.15) is 17.7 Å². The molecule has 0 saturated carbocycles. The minimum absolute atomic E-state index is 0.164. The lowest BCUT2D eigenvalue weighted by molar-refractivity contribution is 0.0894. The predicted octanol–water partition coefficient (Wildman–Crippen LogP) is 3.68. The summed E-state index contributed by atoms with van der Waals surface area (Å²) in [6.07, 6.45) is 6.73. The van der Waals surface area contributed by atoms with Gasteiger partial charge in [0.25, 0.3) is 11.8 Å². The van der Waals surface area contributed by atoms with Crippen molar-refractivity contribution in [3.63, 3.8) is 0 Å². The molecule has 0 fully saturated rings. The van der Waals surface area contributed by atoms with Crippen LogP contribution in [0.5, 0.6) is 0 Å². The van der Waals surface area contributed by atoms with Crippen molar-refractivity contribution in [2.45, 2.75) is 12.5 Å².